The average molecular weight is 278 g/mol. The van der Waals surface area contributed by atoms with Gasteiger partial charge in [0, 0.05) is 24.3 Å². The highest BCUT2D eigenvalue weighted by atomic mass is 16.6. The second-order valence-electron chi connectivity index (χ2n) is 5.28. The zero-order valence-corrected chi connectivity index (χ0v) is 11.5. The molecule has 1 aromatic carbocycles. The van der Waals surface area contributed by atoms with Gasteiger partial charge in [-0.1, -0.05) is 6.92 Å². The van der Waals surface area contributed by atoms with Gasteiger partial charge in [0.25, 0.3) is 11.6 Å². The minimum Gasteiger partial charge on any atom is -0.335 e. The van der Waals surface area contributed by atoms with E-state index in [9.17, 15) is 14.9 Å². The number of hydrogen-bond acceptors (Lipinski definition) is 5. The number of benzene rings is 1. The summed E-state index contributed by atoms with van der Waals surface area (Å²) in [4.78, 5) is 24.8. The predicted molar refractivity (Wildman–Crippen MR) is 75.2 cm³/mol. The molecule has 1 amide bonds. The number of nitrogen functional groups attached to an aromatic ring is 1. The van der Waals surface area contributed by atoms with Crippen LogP contribution in [0.25, 0.3) is 0 Å². The second-order valence-corrected chi connectivity index (χ2v) is 5.28. The third kappa shape index (κ3) is 2.57. The lowest BCUT2D eigenvalue weighted by atomic mass is 10.1. The second kappa shape index (κ2) is 5.46. The van der Waals surface area contributed by atoms with E-state index in [1.54, 1.807) is 4.90 Å². The first-order valence-electron chi connectivity index (χ1n) is 6.50. The van der Waals surface area contributed by atoms with E-state index in [0.717, 1.165) is 6.42 Å². The van der Waals surface area contributed by atoms with Crippen molar-refractivity contribution in [3.63, 3.8) is 0 Å². The lowest BCUT2D eigenvalue weighted by molar-refractivity contribution is -0.385. The Bertz CT molecular complexity index is 546. The molecule has 1 saturated heterocycles. The van der Waals surface area contributed by atoms with Crippen LogP contribution in [0.3, 0.4) is 0 Å². The van der Waals surface area contributed by atoms with Gasteiger partial charge >= 0.3 is 0 Å². The van der Waals surface area contributed by atoms with Crippen molar-refractivity contribution in [1.82, 2.24) is 4.90 Å². The van der Waals surface area contributed by atoms with Gasteiger partial charge in [0.05, 0.1) is 4.92 Å². The Morgan fingerprint density at radius 1 is 1.50 bits per heavy atom. The van der Waals surface area contributed by atoms with E-state index < -0.39 is 4.92 Å². The lowest BCUT2D eigenvalue weighted by Gasteiger charge is -2.21. The van der Waals surface area contributed by atoms with E-state index in [2.05, 4.69) is 12.3 Å². The van der Waals surface area contributed by atoms with Gasteiger partial charge in [-0.05, 0) is 31.4 Å². The Morgan fingerprint density at radius 2 is 2.20 bits per heavy atom. The molecule has 1 aliphatic rings. The molecule has 2 unspecified atom stereocenters. The molecule has 0 radical (unpaired) electrons. The highest BCUT2D eigenvalue weighted by Crippen LogP contribution is 2.29. The molecule has 108 valence electrons. The quantitative estimate of drug-likeness (QED) is 0.498. The number of amides is 1. The van der Waals surface area contributed by atoms with Gasteiger partial charge in [-0.25, -0.2) is 0 Å². The first-order valence-corrected chi connectivity index (χ1v) is 6.50. The van der Waals surface area contributed by atoms with Gasteiger partial charge in [-0.3, -0.25) is 20.8 Å². The molecule has 2 atom stereocenters. The third-order valence-electron chi connectivity index (χ3n) is 3.64. The number of hydrogen-bond donors (Lipinski definition) is 2. The molecule has 0 spiro atoms. The van der Waals surface area contributed by atoms with Crippen LogP contribution in [-0.4, -0.2) is 28.3 Å². The number of nitrogens with zero attached hydrogens (tertiary/aromatic N) is 2. The number of carbonyl (C=O) groups excluding carboxylic acids is 1. The van der Waals surface area contributed by atoms with Crippen LogP contribution in [-0.2, 0) is 0 Å². The standard InChI is InChI=1S/C13H18N4O3/c1-8-5-9(2)16(7-8)13(18)11-6-10(15-14)3-4-12(11)17(19)20/h3-4,6,8-9,15H,5,7,14H2,1-2H3. The largest absolute Gasteiger partial charge is 0.335 e. The zero-order valence-electron chi connectivity index (χ0n) is 11.5. The van der Waals surface area contributed by atoms with E-state index >= 15 is 0 Å². The first kappa shape index (κ1) is 14.3. The van der Waals surface area contributed by atoms with Crippen molar-refractivity contribution in [2.75, 3.05) is 12.0 Å². The van der Waals surface area contributed by atoms with Gasteiger partial charge in [-0.2, -0.15) is 0 Å². The molecule has 7 heteroatoms. The molecule has 2 rings (SSSR count). The molecule has 1 fully saturated rings. The molecule has 1 aliphatic heterocycles. The normalized spacial score (nSPS) is 21.9. The van der Waals surface area contributed by atoms with E-state index in [-0.39, 0.29) is 23.2 Å². The van der Waals surface area contributed by atoms with Crippen molar-refractivity contribution in [2.45, 2.75) is 26.3 Å². The number of nitro benzene ring substituents is 1. The van der Waals surface area contributed by atoms with Crippen LogP contribution >= 0.6 is 0 Å². The maximum atomic E-state index is 12.5. The molecule has 0 aliphatic carbocycles. The number of nitrogens with one attached hydrogen (secondary N) is 1. The molecule has 3 N–H and O–H groups in total. The van der Waals surface area contributed by atoms with Crippen LogP contribution in [0.4, 0.5) is 11.4 Å². The SMILES string of the molecule is CC1CC(C)N(C(=O)c2cc(NN)ccc2[N+](=O)[O-])C1. The Kier molecular flexibility index (Phi) is 3.89. The van der Waals surface area contributed by atoms with Crippen LogP contribution in [0.15, 0.2) is 18.2 Å². The van der Waals surface area contributed by atoms with Gasteiger partial charge in [-0.15, -0.1) is 0 Å². The fourth-order valence-corrected chi connectivity index (χ4v) is 2.69. The molecule has 7 nitrogen and oxygen atoms in total. The van der Waals surface area contributed by atoms with E-state index in [1.165, 1.54) is 18.2 Å². The highest BCUT2D eigenvalue weighted by Gasteiger charge is 2.33. The highest BCUT2D eigenvalue weighted by molar-refractivity contribution is 5.99. The molecular formula is C13H18N4O3. The van der Waals surface area contributed by atoms with Crippen molar-refractivity contribution >= 4 is 17.3 Å². The first-order chi connectivity index (χ1) is 9.43. The fourth-order valence-electron chi connectivity index (χ4n) is 2.69. The predicted octanol–water partition coefficient (Wildman–Crippen LogP) is 1.75. The number of nitro groups is 1. The summed E-state index contributed by atoms with van der Waals surface area (Å²) in [6.45, 7) is 4.64. The monoisotopic (exact) mass is 278 g/mol. The smallest absolute Gasteiger partial charge is 0.282 e. The van der Waals surface area contributed by atoms with Crippen molar-refractivity contribution in [3.05, 3.63) is 33.9 Å². The zero-order chi connectivity index (χ0) is 14.9. The van der Waals surface area contributed by atoms with Crippen LogP contribution in [0, 0.1) is 16.0 Å². The summed E-state index contributed by atoms with van der Waals surface area (Å²) >= 11 is 0. The number of likely N-dealkylation sites (tertiary alicyclic amines) is 1. The Balaban J connectivity index is 2.39. The lowest BCUT2D eigenvalue weighted by Crippen LogP contribution is -2.34. The minimum absolute atomic E-state index is 0.0754. The molecule has 0 bridgehead atoms. The Labute approximate surface area is 116 Å². The summed E-state index contributed by atoms with van der Waals surface area (Å²) in [7, 11) is 0. The maximum Gasteiger partial charge on any atom is 0.282 e. The molecule has 0 saturated carbocycles. The topological polar surface area (TPSA) is 102 Å². The molecule has 0 aromatic heterocycles. The summed E-state index contributed by atoms with van der Waals surface area (Å²) < 4.78 is 0. The fraction of sp³-hybridized carbons (Fsp3) is 0.462. The summed E-state index contributed by atoms with van der Waals surface area (Å²) in [6.07, 6.45) is 0.911. The summed E-state index contributed by atoms with van der Waals surface area (Å²) in [6, 6.07) is 4.29. The summed E-state index contributed by atoms with van der Waals surface area (Å²) in [5.41, 5.74) is 2.76. The molecule has 20 heavy (non-hydrogen) atoms. The number of hydrazine groups is 1. The molecule has 1 aromatic rings. The third-order valence-corrected chi connectivity index (χ3v) is 3.64. The summed E-state index contributed by atoms with van der Waals surface area (Å²) in [5.74, 6) is 5.40. The molecule has 1 heterocycles. The summed E-state index contributed by atoms with van der Waals surface area (Å²) in [5, 5.41) is 11.1. The number of rotatable bonds is 3. The van der Waals surface area contributed by atoms with Crippen LogP contribution in [0.1, 0.15) is 30.6 Å². The van der Waals surface area contributed by atoms with Crippen LogP contribution in [0.5, 0.6) is 0 Å². The number of carbonyl (C=O) groups is 1. The van der Waals surface area contributed by atoms with Crippen molar-refractivity contribution in [3.8, 4) is 0 Å². The van der Waals surface area contributed by atoms with Gasteiger partial charge in [0.15, 0.2) is 0 Å². The van der Waals surface area contributed by atoms with E-state index in [1.807, 2.05) is 6.92 Å². The van der Waals surface area contributed by atoms with Crippen molar-refractivity contribution in [1.29, 1.82) is 0 Å². The Hall–Kier alpha value is -2.15. The van der Waals surface area contributed by atoms with Crippen molar-refractivity contribution < 1.29 is 9.72 Å². The van der Waals surface area contributed by atoms with Crippen LogP contribution < -0.4 is 11.3 Å². The van der Waals surface area contributed by atoms with Crippen molar-refractivity contribution in [2.24, 2.45) is 11.8 Å². The maximum absolute atomic E-state index is 12.5. The molecular weight excluding hydrogens is 260 g/mol. The van der Waals surface area contributed by atoms with E-state index in [0.29, 0.717) is 18.2 Å². The number of anilines is 1. The van der Waals surface area contributed by atoms with E-state index in [4.69, 9.17) is 5.84 Å². The van der Waals surface area contributed by atoms with Gasteiger partial charge < -0.3 is 10.3 Å². The van der Waals surface area contributed by atoms with Crippen LogP contribution in [0.2, 0.25) is 0 Å². The number of nitrogens with two attached hydrogens (primary N) is 1. The average Bonchev–Trinajstić information content (AvgIpc) is 2.76. The minimum atomic E-state index is -0.544. The van der Waals surface area contributed by atoms with Gasteiger partial charge in [0.2, 0.25) is 0 Å². The Morgan fingerprint density at radius 3 is 2.70 bits per heavy atom. The van der Waals surface area contributed by atoms with Gasteiger partial charge in [0.1, 0.15) is 5.56 Å².